The van der Waals surface area contributed by atoms with Crippen LogP contribution in [0.15, 0.2) is 54.9 Å². The number of carbonyl (C=O) groups excluding carboxylic acids is 2. The number of carbonyl (C=O) groups is 2. The van der Waals surface area contributed by atoms with Crippen molar-refractivity contribution in [3.05, 3.63) is 77.6 Å². The Balaban J connectivity index is 1.62. The molecule has 0 spiro atoms. The van der Waals surface area contributed by atoms with Crippen molar-refractivity contribution in [1.82, 2.24) is 9.97 Å². The third-order valence-electron chi connectivity index (χ3n) is 3.74. The van der Waals surface area contributed by atoms with E-state index in [1.165, 1.54) is 18.5 Å². The van der Waals surface area contributed by atoms with E-state index in [2.05, 4.69) is 20.6 Å². The van der Waals surface area contributed by atoms with E-state index in [-0.39, 0.29) is 23.8 Å². The number of amides is 1. The summed E-state index contributed by atoms with van der Waals surface area (Å²) in [6.45, 7) is 1.99. The monoisotopic (exact) mass is 398 g/mol. The molecule has 3 rings (SSSR count). The Hall–Kier alpha value is -3.88. The largest absolute Gasteiger partial charge is 0.462 e. The second-order valence-electron chi connectivity index (χ2n) is 5.80. The number of nitrogens with one attached hydrogen (secondary N) is 2. The molecule has 0 atom stereocenters. The highest BCUT2D eigenvalue weighted by Crippen LogP contribution is 2.17. The van der Waals surface area contributed by atoms with Crippen molar-refractivity contribution in [3.63, 3.8) is 0 Å². The van der Waals surface area contributed by atoms with Crippen LogP contribution in [0.2, 0.25) is 0 Å². The number of aromatic nitrogens is 2. The van der Waals surface area contributed by atoms with Gasteiger partial charge >= 0.3 is 5.97 Å². The minimum atomic E-state index is -1.00. The normalized spacial score (nSPS) is 10.3. The van der Waals surface area contributed by atoms with Gasteiger partial charge in [-0.3, -0.25) is 4.79 Å². The van der Waals surface area contributed by atoms with Crippen LogP contribution >= 0.6 is 0 Å². The minimum absolute atomic E-state index is 0.117. The Morgan fingerprint density at radius 1 is 0.931 bits per heavy atom. The standard InChI is InChI=1S/C20H16F2N4O3/c1-2-29-19(28)12-3-5-14(6-4-12)25-18(27)13-10-23-20(24-11-13)26-15-7-8-16(21)17(22)9-15/h3-11H,2H2,1H3,(H,25,27)(H,23,24,26). The smallest absolute Gasteiger partial charge is 0.338 e. The molecule has 0 fully saturated rings. The van der Waals surface area contributed by atoms with E-state index in [0.29, 0.717) is 11.3 Å². The second-order valence-corrected chi connectivity index (χ2v) is 5.80. The highest BCUT2D eigenvalue weighted by atomic mass is 19.2. The van der Waals surface area contributed by atoms with Crippen LogP contribution < -0.4 is 10.6 Å². The molecule has 2 N–H and O–H groups in total. The van der Waals surface area contributed by atoms with Gasteiger partial charge in [0.2, 0.25) is 5.95 Å². The lowest BCUT2D eigenvalue weighted by molar-refractivity contribution is 0.0526. The first-order valence-corrected chi connectivity index (χ1v) is 8.59. The van der Waals surface area contributed by atoms with Crippen molar-refractivity contribution >= 4 is 29.2 Å². The maximum atomic E-state index is 13.2. The summed E-state index contributed by atoms with van der Waals surface area (Å²) in [6.07, 6.45) is 2.58. The van der Waals surface area contributed by atoms with E-state index >= 15 is 0 Å². The van der Waals surface area contributed by atoms with E-state index in [1.807, 2.05) is 0 Å². The van der Waals surface area contributed by atoms with Crippen molar-refractivity contribution in [3.8, 4) is 0 Å². The summed E-state index contributed by atoms with van der Waals surface area (Å²) < 4.78 is 31.1. The Morgan fingerprint density at radius 3 is 2.21 bits per heavy atom. The molecule has 0 bridgehead atoms. The predicted molar refractivity (Wildman–Crippen MR) is 102 cm³/mol. The first-order chi connectivity index (χ1) is 14.0. The van der Waals surface area contributed by atoms with Crippen molar-refractivity contribution in [1.29, 1.82) is 0 Å². The Labute approximate surface area is 164 Å². The Kier molecular flexibility index (Phi) is 6.08. The van der Waals surface area contributed by atoms with Gasteiger partial charge in [-0.2, -0.15) is 0 Å². The number of benzene rings is 2. The second kappa shape index (κ2) is 8.87. The lowest BCUT2D eigenvalue weighted by Crippen LogP contribution is -2.13. The third kappa shape index (κ3) is 5.10. The molecule has 0 saturated heterocycles. The highest BCUT2D eigenvalue weighted by molar-refractivity contribution is 6.04. The summed E-state index contributed by atoms with van der Waals surface area (Å²) in [5.41, 5.74) is 1.31. The number of rotatable bonds is 6. The first-order valence-electron chi connectivity index (χ1n) is 8.59. The molecule has 0 aliphatic carbocycles. The molecule has 29 heavy (non-hydrogen) atoms. The number of halogens is 2. The molecule has 2 aromatic carbocycles. The van der Waals surface area contributed by atoms with Crippen molar-refractivity contribution < 1.29 is 23.1 Å². The summed E-state index contributed by atoms with van der Waals surface area (Å²) in [7, 11) is 0. The van der Waals surface area contributed by atoms with Crippen LogP contribution in [0.3, 0.4) is 0 Å². The van der Waals surface area contributed by atoms with E-state index in [0.717, 1.165) is 12.1 Å². The molecule has 7 nitrogen and oxygen atoms in total. The summed E-state index contributed by atoms with van der Waals surface area (Å²) >= 11 is 0. The molecule has 148 valence electrons. The van der Waals surface area contributed by atoms with Crippen molar-refractivity contribution in [2.24, 2.45) is 0 Å². The molecular formula is C20H16F2N4O3. The number of anilines is 3. The first kappa shape index (κ1) is 19.9. The summed E-state index contributed by atoms with van der Waals surface area (Å²) in [5.74, 6) is -2.73. The zero-order valence-corrected chi connectivity index (χ0v) is 15.3. The van der Waals surface area contributed by atoms with Gasteiger partial charge in [-0.1, -0.05) is 0 Å². The maximum absolute atomic E-state index is 13.2. The van der Waals surface area contributed by atoms with Crippen molar-refractivity contribution in [2.75, 3.05) is 17.2 Å². The maximum Gasteiger partial charge on any atom is 0.338 e. The molecule has 1 heterocycles. The molecule has 3 aromatic rings. The van der Waals surface area contributed by atoms with Crippen LogP contribution in [-0.2, 0) is 4.74 Å². The van der Waals surface area contributed by atoms with Crippen LogP contribution in [0.25, 0.3) is 0 Å². The number of hydrogen-bond donors (Lipinski definition) is 2. The lowest BCUT2D eigenvalue weighted by Gasteiger charge is -2.08. The minimum Gasteiger partial charge on any atom is -0.462 e. The fourth-order valence-electron chi connectivity index (χ4n) is 2.32. The van der Waals surface area contributed by atoms with Gasteiger partial charge in [0.15, 0.2) is 11.6 Å². The van der Waals surface area contributed by atoms with Gasteiger partial charge < -0.3 is 15.4 Å². The summed E-state index contributed by atoms with van der Waals surface area (Å²) in [6, 6.07) is 9.51. The van der Waals surface area contributed by atoms with E-state index < -0.39 is 23.5 Å². The van der Waals surface area contributed by atoms with Crippen LogP contribution in [-0.4, -0.2) is 28.5 Å². The molecule has 1 amide bonds. The van der Waals surface area contributed by atoms with Crippen LogP contribution in [0.4, 0.5) is 26.1 Å². The lowest BCUT2D eigenvalue weighted by atomic mass is 10.2. The third-order valence-corrected chi connectivity index (χ3v) is 3.74. The molecule has 0 saturated carbocycles. The molecule has 9 heteroatoms. The van der Waals surface area contributed by atoms with Gasteiger partial charge in [-0.25, -0.2) is 23.5 Å². The van der Waals surface area contributed by atoms with E-state index in [9.17, 15) is 18.4 Å². The SMILES string of the molecule is CCOC(=O)c1ccc(NC(=O)c2cnc(Nc3ccc(F)c(F)c3)nc2)cc1. The van der Waals surface area contributed by atoms with E-state index in [4.69, 9.17) is 4.74 Å². The predicted octanol–water partition coefficient (Wildman–Crippen LogP) is 3.93. The molecule has 0 aliphatic rings. The number of esters is 1. The number of nitrogens with zero attached hydrogens (tertiary/aromatic N) is 2. The number of hydrogen-bond acceptors (Lipinski definition) is 6. The molecule has 0 radical (unpaired) electrons. The topological polar surface area (TPSA) is 93.2 Å². The Morgan fingerprint density at radius 2 is 1.59 bits per heavy atom. The molecule has 1 aromatic heterocycles. The fourth-order valence-corrected chi connectivity index (χ4v) is 2.32. The van der Waals surface area contributed by atoms with Crippen molar-refractivity contribution in [2.45, 2.75) is 6.92 Å². The fraction of sp³-hybridized carbons (Fsp3) is 0.100. The average Bonchev–Trinajstić information content (AvgIpc) is 2.72. The zero-order valence-electron chi connectivity index (χ0n) is 15.3. The number of ether oxygens (including phenoxy) is 1. The summed E-state index contributed by atoms with van der Waals surface area (Å²) in [5, 5.41) is 5.37. The molecular weight excluding hydrogens is 382 g/mol. The average molecular weight is 398 g/mol. The Bertz CT molecular complexity index is 1020. The van der Waals surface area contributed by atoms with Crippen LogP contribution in [0, 0.1) is 11.6 Å². The molecule has 0 unspecified atom stereocenters. The molecule has 0 aliphatic heterocycles. The van der Waals surface area contributed by atoms with Gasteiger partial charge in [0, 0.05) is 29.8 Å². The van der Waals surface area contributed by atoms with Gasteiger partial charge in [0.1, 0.15) is 0 Å². The van der Waals surface area contributed by atoms with Gasteiger partial charge in [0.05, 0.1) is 17.7 Å². The van der Waals surface area contributed by atoms with Gasteiger partial charge in [-0.05, 0) is 43.3 Å². The van der Waals surface area contributed by atoms with Gasteiger partial charge in [-0.15, -0.1) is 0 Å². The van der Waals surface area contributed by atoms with Crippen LogP contribution in [0.5, 0.6) is 0 Å². The zero-order chi connectivity index (χ0) is 20.8. The van der Waals surface area contributed by atoms with E-state index in [1.54, 1.807) is 31.2 Å². The highest BCUT2D eigenvalue weighted by Gasteiger charge is 2.10. The summed E-state index contributed by atoms with van der Waals surface area (Å²) in [4.78, 5) is 31.9. The quantitative estimate of drug-likeness (QED) is 0.611. The van der Waals surface area contributed by atoms with Crippen LogP contribution in [0.1, 0.15) is 27.6 Å². The van der Waals surface area contributed by atoms with Gasteiger partial charge in [0.25, 0.3) is 5.91 Å².